The smallest absolute Gasteiger partial charge is 0.100 e. The molecule has 0 unspecified atom stereocenters. The van der Waals surface area contributed by atoms with E-state index in [2.05, 4.69) is 18.6 Å². The van der Waals surface area contributed by atoms with Gasteiger partial charge in [-0.05, 0) is 25.0 Å². The molecule has 0 aromatic carbocycles. The normalized spacial score (nSPS) is 18.0. The standard InChI is InChI=1S/C10H13O/c1-3-5-9-6-4-7-10(8-9)11-2/h3,5-8H,4H2,1-2H3. The molecular weight excluding hydrogens is 136 g/mol. The maximum absolute atomic E-state index is 5.10. The van der Waals surface area contributed by atoms with Gasteiger partial charge in [-0.15, -0.1) is 0 Å². The zero-order chi connectivity index (χ0) is 8.10. The number of methoxy groups -OCH3 is 1. The molecule has 11 heavy (non-hydrogen) atoms. The van der Waals surface area contributed by atoms with E-state index in [1.165, 1.54) is 5.57 Å². The van der Waals surface area contributed by atoms with Gasteiger partial charge >= 0.3 is 0 Å². The Balaban J connectivity index is 2.68. The second-order valence-corrected chi connectivity index (χ2v) is 2.39. The SMILES string of the molecule is CC=CC1=CC[CH]C(OC)=C1. The van der Waals surface area contributed by atoms with E-state index in [-0.39, 0.29) is 0 Å². The van der Waals surface area contributed by atoms with Gasteiger partial charge in [-0.1, -0.05) is 18.2 Å². The molecule has 0 saturated heterocycles. The van der Waals surface area contributed by atoms with Crippen molar-refractivity contribution >= 4 is 0 Å². The summed E-state index contributed by atoms with van der Waals surface area (Å²) in [5, 5.41) is 0. The number of ether oxygens (including phenoxy) is 1. The number of hydrogen-bond acceptors (Lipinski definition) is 1. The zero-order valence-corrected chi connectivity index (χ0v) is 7.00. The van der Waals surface area contributed by atoms with Gasteiger partial charge in [0.1, 0.15) is 5.76 Å². The molecule has 0 atom stereocenters. The topological polar surface area (TPSA) is 9.23 Å². The van der Waals surface area contributed by atoms with Crippen LogP contribution in [0.2, 0.25) is 0 Å². The van der Waals surface area contributed by atoms with Gasteiger partial charge in [0, 0.05) is 6.42 Å². The lowest BCUT2D eigenvalue weighted by Gasteiger charge is -2.09. The molecule has 0 aliphatic heterocycles. The van der Waals surface area contributed by atoms with Gasteiger partial charge < -0.3 is 4.74 Å². The van der Waals surface area contributed by atoms with Crippen LogP contribution in [-0.4, -0.2) is 7.11 Å². The van der Waals surface area contributed by atoms with Gasteiger partial charge in [0.05, 0.1) is 7.11 Å². The average molecular weight is 149 g/mol. The fraction of sp³-hybridized carbons (Fsp3) is 0.300. The Morgan fingerprint density at radius 1 is 1.55 bits per heavy atom. The highest BCUT2D eigenvalue weighted by molar-refractivity contribution is 5.37. The largest absolute Gasteiger partial charge is 0.501 e. The highest BCUT2D eigenvalue weighted by Crippen LogP contribution is 2.17. The molecule has 0 saturated carbocycles. The maximum atomic E-state index is 5.10. The lowest BCUT2D eigenvalue weighted by atomic mass is 10.1. The Hall–Kier alpha value is -0.980. The van der Waals surface area contributed by atoms with Crippen LogP contribution in [0.25, 0.3) is 0 Å². The molecule has 0 heterocycles. The molecule has 1 radical (unpaired) electrons. The number of hydrogen-bond donors (Lipinski definition) is 0. The lowest BCUT2D eigenvalue weighted by molar-refractivity contribution is 0.297. The Morgan fingerprint density at radius 3 is 3.00 bits per heavy atom. The zero-order valence-electron chi connectivity index (χ0n) is 7.00. The Bertz CT molecular complexity index is 209. The van der Waals surface area contributed by atoms with Crippen molar-refractivity contribution in [1.29, 1.82) is 0 Å². The summed E-state index contributed by atoms with van der Waals surface area (Å²) in [4.78, 5) is 0. The summed E-state index contributed by atoms with van der Waals surface area (Å²) in [6, 6.07) is 0. The molecule has 0 spiro atoms. The molecule has 1 aliphatic rings. The molecule has 0 fully saturated rings. The van der Waals surface area contributed by atoms with Crippen LogP contribution < -0.4 is 0 Å². The van der Waals surface area contributed by atoms with Crippen molar-refractivity contribution in [2.24, 2.45) is 0 Å². The monoisotopic (exact) mass is 149 g/mol. The van der Waals surface area contributed by atoms with Crippen molar-refractivity contribution in [1.82, 2.24) is 0 Å². The molecule has 0 aromatic rings. The summed E-state index contributed by atoms with van der Waals surface area (Å²) in [7, 11) is 1.70. The van der Waals surface area contributed by atoms with Gasteiger partial charge in [0.15, 0.2) is 0 Å². The van der Waals surface area contributed by atoms with Crippen LogP contribution in [0, 0.1) is 6.42 Å². The molecular formula is C10H13O. The molecule has 1 rings (SSSR count). The maximum Gasteiger partial charge on any atom is 0.100 e. The van der Waals surface area contributed by atoms with Crippen molar-refractivity contribution in [2.45, 2.75) is 13.3 Å². The molecule has 0 bridgehead atoms. The van der Waals surface area contributed by atoms with Crippen LogP contribution in [-0.2, 0) is 4.74 Å². The predicted molar refractivity (Wildman–Crippen MR) is 46.9 cm³/mol. The highest BCUT2D eigenvalue weighted by atomic mass is 16.5. The van der Waals surface area contributed by atoms with Crippen LogP contribution in [0.15, 0.2) is 35.6 Å². The Kier molecular flexibility index (Phi) is 2.96. The highest BCUT2D eigenvalue weighted by Gasteiger charge is 2.02. The van der Waals surface area contributed by atoms with Gasteiger partial charge in [0.25, 0.3) is 0 Å². The summed E-state index contributed by atoms with van der Waals surface area (Å²) in [5.41, 5.74) is 1.23. The Morgan fingerprint density at radius 2 is 2.36 bits per heavy atom. The molecule has 0 N–H and O–H groups in total. The first-order valence-electron chi connectivity index (χ1n) is 3.78. The van der Waals surface area contributed by atoms with Gasteiger partial charge in [-0.3, -0.25) is 0 Å². The minimum atomic E-state index is 0.959. The summed E-state index contributed by atoms with van der Waals surface area (Å²) < 4.78 is 5.10. The van der Waals surface area contributed by atoms with E-state index in [1.54, 1.807) is 7.11 Å². The molecule has 1 nitrogen and oxygen atoms in total. The molecule has 59 valence electrons. The van der Waals surface area contributed by atoms with E-state index < -0.39 is 0 Å². The third kappa shape index (κ3) is 2.26. The minimum absolute atomic E-state index is 0.959. The summed E-state index contributed by atoms with van der Waals surface area (Å²) in [5.74, 6) is 0.959. The third-order valence-corrected chi connectivity index (χ3v) is 1.58. The van der Waals surface area contributed by atoms with Crippen molar-refractivity contribution in [2.75, 3.05) is 7.11 Å². The van der Waals surface area contributed by atoms with E-state index in [9.17, 15) is 0 Å². The predicted octanol–water partition coefficient (Wildman–Crippen LogP) is 2.63. The van der Waals surface area contributed by atoms with E-state index in [4.69, 9.17) is 4.74 Å². The van der Waals surface area contributed by atoms with E-state index >= 15 is 0 Å². The first kappa shape index (κ1) is 8.12. The van der Waals surface area contributed by atoms with Crippen molar-refractivity contribution < 1.29 is 4.74 Å². The minimum Gasteiger partial charge on any atom is -0.501 e. The first-order chi connectivity index (χ1) is 5.36. The van der Waals surface area contributed by atoms with Gasteiger partial charge in [-0.25, -0.2) is 0 Å². The van der Waals surface area contributed by atoms with E-state index in [0.717, 1.165) is 12.2 Å². The van der Waals surface area contributed by atoms with Gasteiger partial charge in [-0.2, -0.15) is 0 Å². The fourth-order valence-corrected chi connectivity index (χ4v) is 1.04. The van der Waals surface area contributed by atoms with E-state index in [1.807, 2.05) is 19.1 Å². The average Bonchev–Trinajstić information content (AvgIpc) is 2.06. The van der Waals surface area contributed by atoms with Crippen LogP contribution >= 0.6 is 0 Å². The fourth-order valence-electron chi connectivity index (χ4n) is 1.04. The van der Waals surface area contributed by atoms with Crippen LogP contribution in [0.4, 0.5) is 0 Å². The van der Waals surface area contributed by atoms with Gasteiger partial charge in [0.2, 0.25) is 0 Å². The Labute approximate surface area is 68.1 Å². The molecule has 0 amide bonds. The second-order valence-electron chi connectivity index (χ2n) is 2.39. The molecule has 1 heteroatoms. The quantitative estimate of drug-likeness (QED) is 0.586. The number of rotatable bonds is 2. The lowest BCUT2D eigenvalue weighted by Crippen LogP contribution is -1.93. The van der Waals surface area contributed by atoms with Crippen molar-refractivity contribution in [3.05, 3.63) is 42.1 Å². The second kappa shape index (κ2) is 4.02. The van der Waals surface area contributed by atoms with Crippen LogP contribution in [0.1, 0.15) is 13.3 Å². The number of allylic oxidation sites excluding steroid dienone is 6. The summed E-state index contributed by atoms with van der Waals surface area (Å²) in [6.07, 6.45) is 11.3. The van der Waals surface area contributed by atoms with Crippen LogP contribution in [0.3, 0.4) is 0 Å². The molecule has 1 aliphatic carbocycles. The van der Waals surface area contributed by atoms with Crippen molar-refractivity contribution in [3.63, 3.8) is 0 Å². The van der Waals surface area contributed by atoms with E-state index in [0.29, 0.717) is 0 Å². The van der Waals surface area contributed by atoms with Crippen molar-refractivity contribution in [3.8, 4) is 0 Å². The first-order valence-corrected chi connectivity index (χ1v) is 3.78. The van der Waals surface area contributed by atoms with Crippen LogP contribution in [0.5, 0.6) is 0 Å². The molecule has 0 aromatic heterocycles. The third-order valence-electron chi connectivity index (χ3n) is 1.58. The summed E-state index contributed by atoms with van der Waals surface area (Å²) in [6.45, 7) is 2.01. The summed E-state index contributed by atoms with van der Waals surface area (Å²) >= 11 is 0.